The van der Waals surface area contributed by atoms with E-state index in [1.54, 1.807) is 23.7 Å². The summed E-state index contributed by atoms with van der Waals surface area (Å²) in [5.41, 5.74) is 0.977. The lowest BCUT2D eigenvalue weighted by atomic mass is 10.2. The van der Waals surface area contributed by atoms with Crippen molar-refractivity contribution in [2.24, 2.45) is 5.92 Å². The molecule has 2 aromatic heterocycles. The largest absolute Gasteiger partial charge is 0.391 e. The lowest BCUT2D eigenvalue weighted by molar-refractivity contribution is 0.0639. The van der Waals surface area contributed by atoms with Gasteiger partial charge in [-0.15, -0.1) is 0 Å². The molecule has 0 radical (unpaired) electrons. The molecule has 2 aromatic rings. The van der Waals surface area contributed by atoms with Gasteiger partial charge in [0.1, 0.15) is 5.65 Å². The van der Waals surface area contributed by atoms with Gasteiger partial charge in [0.15, 0.2) is 10.8 Å². The number of carbonyl (C=O) groups excluding carboxylic acids is 1. The zero-order chi connectivity index (χ0) is 14.3. The van der Waals surface area contributed by atoms with Crippen molar-refractivity contribution < 1.29 is 9.90 Å². The third-order valence-corrected chi connectivity index (χ3v) is 3.93. The number of hydrogen-bond acceptors (Lipinski definition) is 3. The second-order valence-electron chi connectivity index (χ2n) is 5.27. The number of aliphatic hydroxyl groups is 1. The van der Waals surface area contributed by atoms with Crippen molar-refractivity contribution in [2.75, 3.05) is 13.6 Å². The summed E-state index contributed by atoms with van der Waals surface area (Å²) in [6, 6.07) is 5.45. The van der Waals surface area contributed by atoms with Gasteiger partial charge in [-0.1, -0.05) is 17.7 Å². The predicted octanol–water partition coefficient (Wildman–Crippen LogP) is 1.83. The SMILES string of the molecule is CN(CC(O)C1CC1)C(=O)c1c(Cl)nc2ccccn12. The fourth-order valence-electron chi connectivity index (χ4n) is 2.33. The molecule has 1 aliphatic rings. The highest BCUT2D eigenvalue weighted by Gasteiger charge is 2.32. The summed E-state index contributed by atoms with van der Waals surface area (Å²) in [5.74, 6) is 0.108. The average Bonchev–Trinajstić information content (AvgIpc) is 3.20. The van der Waals surface area contributed by atoms with E-state index in [9.17, 15) is 9.90 Å². The summed E-state index contributed by atoms with van der Waals surface area (Å²) in [6.45, 7) is 0.319. The maximum atomic E-state index is 12.5. The highest BCUT2D eigenvalue weighted by atomic mass is 35.5. The standard InChI is InChI=1S/C14H16ClN3O2/c1-17(8-10(19)9-5-6-9)14(20)12-13(15)16-11-4-2-3-7-18(11)12/h2-4,7,9-10,19H,5-6,8H2,1H3. The van der Waals surface area contributed by atoms with Gasteiger partial charge in [0, 0.05) is 19.8 Å². The number of aliphatic hydroxyl groups excluding tert-OH is 1. The van der Waals surface area contributed by atoms with E-state index in [0.29, 0.717) is 23.8 Å². The van der Waals surface area contributed by atoms with Crippen LogP contribution >= 0.6 is 11.6 Å². The first-order chi connectivity index (χ1) is 9.58. The molecule has 0 aliphatic heterocycles. The molecule has 106 valence electrons. The van der Waals surface area contributed by atoms with Gasteiger partial charge in [-0.2, -0.15) is 0 Å². The molecule has 1 unspecified atom stereocenters. The van der Waals surface area contributed by atoms with Crippen LogP contribution in [0.25, 0.3) is 5.65 Å². The molecule has 0 spiro atoms. The first-order valence-electron chi connectivity index (χ1n) is 6.64. The minimum Gasteiger partial charge on any atom is -0.391 e. The van der Waals surface area contributed by atoms with Crippen molar-refractivity contribution in [1.29, 1.82) is 0 Å². The van der Waals surface area contributed by atoms with Crippen molar-refractivity contribution in [3.63, 3.8) is 0 Å². The highest BCUT2D eigenvalue weighted by Crippen LogP contribution is 2.33. The van der Waals surface area contributed by atoms with Crippen LogP contribution in [-0.4, -0.2) is 45.0 Å². The quantitative estimate of drug-likeness (QED) is 0.936. The Kier molecular flexibility index (Phi) is 3.40. The average molecular weight is 294 g/mol. The van der Waals surface area contributed by atoms with E-state index < -0.39 is 6.10 Å². The number of likely N-dealkylation sites (N-methyl/N-ethyl adjacent to an activating group) is 1. The lowest BCUT2D eigenvalue weighted by Gasteiger charge is -2.20. The van der Waals surface area contributed by atoms with Gasteiger partial charge in [-0.25, -0.2) is 4.98 Å². The predicted molar refractivity (Wildman–Crippen MR) is 75.9 cm³/mol. The molecular weight excluding hydrogens is 278 g/mol. The van der Waals surface area contributed by atoms with Crippen LogP contribution in [0.4, 0.5) is 0 Å². The summed E-state index contributed by atoms with van der Waals surface area (Å²) in [4.78, 5) is 18.2. The van der Waals surface area contributed by atoms with Crippen LogP contribution in [-0.2, 0) is 0 Å². The van der Waals surface area contributed by atoms with Gasteiger partial charge in [0.2, 0.25) is 0 Å². The number of fused-ring (bicyclic) bond motifs is 1. The number of amides is 1. The fraction of sp³-hybridized carbons (Fsp3) is 0.429. The van der Waals surface area contributed by atoms with E-state index in [4.69, 9.17) is 11.6 Å². The Bertz CT molecular complexity index is 651. The maximum absolute atomic E-state index is 12.5. The molecule has 0 saturated heterocycles. The zero-order valence-corrected chi connectivity index (χ0v) is 11.9. The van der Waals surface area contributed by atoms with E-state index >= 15 is 0 Å². The van der Waals surface area contributed by atoms with Gasteiger partial charge < -0.3 is 10.0 Å². The van der Waals surface area contributed by atoms with E-state index in [0.717, 1.165) is 12.8 Å². The summed E-state index contributed by atoms with van der Waals surface area (Å²) >= 11 is 6.08. The molecular formula is C14H16ClN3O2. The van der Waals surface area contributed by atoms with E-state index in [-0.39, 0.29) is 11.1 Å². The lowest BCUT2D eigenvalue weighted by Crippen LogP contribution is -2.35. The molecule has 2 heterocycles. The zero-order valence-electron chi connectivity index (χ0n) is 11.2. The second kappa shape index (κ2) is 5.07. The molecule has 1 amide bonds. The fourth-order valence-corrected chi connectivity index (χ4v) is 2.59. The molecule has 1 saturated carbocycles. The minimum absolute atomic E-state index is 0.189. The molecule has 6 heteroatoms. The Morgan fingerprint density at radius 3 is 3.05 bits per heavy atom. The topological polar surface area (TPSA) is 57.8 Å². The third kappa shape index (κ3) is 2.39. The van der Waals surface area contributed by atoms with Crippen molar-refractivity contribution in [3.05, 3.63) is 35.2 Å². The van der Waals surface area contributed by atoms with Crippen molar-refractivity contribution in [2.45, 2.75) is 18.9 Å². The molecule has 1 aliphatic carbocycles. The second-order valence-corrected chi connectivity index (χ2v) is 5.63. The number of carbonyl (C=O) groups is 1. The van der Waals surface area contributed by atoms with Crippen LogP contribution in [0.3, 0.4) is 0 Å². The first-order valence-corrected chi connectivity index (χ1v) is 7.02. The molecule has 5 nitrogen and oxygen atoms in total. The van der Waals surface area contributed by atoms with E-state index in [1.165, 1.54) is 4.90 Å². The molecule has 1 fully saturated rings. The van der Waals surface area contributed by atoms with Crippen molar-refractivity contribution in [1.82, 2.24) is 14.3 Å². The molecule has 1 N–H and O–H groups in total. The van der Waals surface area contributed by atoms with Crippen LogP contribution < -0.4 is 0 Å². The first kappa shape index (κ1) is 13.4. The van der Waals surface area contributed by atoms with Gasteiger partial charge in [0.25, 0.3) is 5.91 Å². The van der Waals surface area contributed by atoms with Crippen LogP contribution in [0.15, 0.2) is 24.4 Å². The van der Waals surface area contributed by atoms with Crippen LogP contribution in [0.1, 0.15) is 23.3 Å². The molecule has 0 aromatic carbocycles. The van der Waals surface area contributed by atoms with Crippen molar-refractivity contribution >= 4 is 23.2 Å². The summed E-state index contributed by atoms with van der Waals surface area (Å²) in [6.07, 6.45) is 3.38. The van der Waals surface area contributed by atoms with Gasteiger partial charge in [-0.3, -0.25) is 9.20 Å². The molecule has 20 heavy (non-hydrogen) atoms. The Hall–Kier alpha value is -1.59. The number of pyridine rings is 1. The molecule has 1 atom stereocenters. The third-order valence-electron chi connectivity index (χ3n) is 3.66. The van der Waals surface area contributed by atoms with Crippen LogP contribution in [0, 0.1) is 5.92 Å². The van der Waals surface area contributed by atoms with Gasteiger partial charge in [-0.05, 0) is 30.9 Å². The Balaban J connectivity index is 1.85. The molecule has 0 bridgehead atoms. The monoisotopic (exact) mass is 293 g/mol. The molecule has 3 rings (SSSR count). The number of imidazole rings is 1. The minimum atomic E-state index is -0.457. The van der Waals surface area contributed by atoms with Crippen molar-refractivity contribution in [3.8, 4) is 0 Å². The summed E-state index contributed by atoms with van der Waals surface area (Å²) in [7, 11) is 1.67. The number of halogens is 1. The van der Waals surface area contributed by atoms with Crippen LogP contribution in [0.2, 0.25) is 5.15 Å². The maximum Gasteiger partial charge on any atom is 0.273 e. The van der Waals surface area contributed by atoms with E-state index in [1.807, 2.05) is 12.1 Å². The normalized spacial score (nSPS) is 16.4. The Morgan fingerprint density at radius 1 is 1.60 bits per heavy atom. The summed E-state index contributed by atoms with van der Waals surface area (Å²) in [5, 5.41) is 10.1. The number of rotatable bonds is 4. The summed E-state index contributed by atoms with van der Waals surface area (Å²) < 4.78 is 1.67. The smallest absolute Gasteiger partial charge is 0.273 e. The van der Waals surface area contributed by atoms with Crippen LogP contribution in [0.5, 0.6) is 0 Å². The number of nitrogens with zero attached hydrogens (tertiary/aromatic N) is 3. The van der Waals surface area contributed by atoms with Gasteiger partial charge in [0.05, 0.1) is 6.10 Å². The highest BCUT2D eigenvalue weighted by molar-refractivity contribution is 6.32. The number of hydrogen-bond donors (Lipinski definition) is 1. The Morgan fingerprint density at radius 2 is 2.35 bits per heavy atom. The van der Waals surface area contributed by atoms with Gasteiger partial charge >= 0.3 is 0 Å². The van der Waals surface area contributed by atoms with E-state index in [2.05, 4.69) is 4.98 Å². The number of aromatic nitrogens is 2. The Labute approximate surface area is 121 Å².